The second-order valence-corrected chi connectivity index (χ2v) is 8.68. The molecule has 35 heavy (non-hydrogen) atoms. The van der Waals surface area contributed by atoms with Crippen LogP contribution in [0.4, 0.5) is 4.39 Å². The lowest BCUT2D eigenvalue weighted by molar-refractivity contribution is -0.139. The van der Waals surface area contributed by atoms with Crippen LogP contribution >= 0.6 is 0 Å². The van der Waals surface area contributed by atoms with Crippen LogP contribution < -0.4 is 14.2 Å². The number of halogens is 1. The number of ether oxygens (including phenoxy) is 3. The highest BCUT2D eigenvalue weighted by molar-refractivity contribution is 6.01. The largest absolute Gasteiger partial charge is 0.495 e. The number of methoxy groups -OCH3 is 2. The van der Waals surface area contributed by atoms with Gasteiger partial charge in [0, 0.05) is 31.7 Å². The summed E-state index contributed by atoms with van der Waals surface area (Å²) in [6.45, 7) is 5.62. The number of carbonyl (C=O) groups is 2. The van der Waals surface area contributed by atoms with Crippen LogP contribution in [0, 0.1) is 5.82 Å². The number of amides is 1. The highest BCUT2D eigenvalue weighted by Gasteiger charge is 2.33. The minimum Gasteiger partial charge on any atom is -0.495 e. The molecule has 1 saturated heterocycles. The van der Waals surface area contributed by atoms with Gasteiger partial charge in [0.2, 0.25) is 5.75 Å². The Morgan fingerprint density at radius 1 is 1.06 bits per heavy atom. The SMILES string of the molecule is COc1c(C=O)c(OCC(=O)N2C[C@H](C)N(Cc3ccc(F)cc3)C[C@H]2C)c(OC)c2occc12. The molecule has 1 amide bonds. The second kappa shape index (κ2) is 10.4. The van der Waals surface area contributed by atoms with Gasteiger partial charge >= 0.3 is 0 Å². The average molecular weight is 485 g/mol. The molecule has 1 fully saturated rings. The van der Waals surface area contributed by atoms with Crippen molar-refractivity contribution in [3.63, 3.8) is 0 Å². The van der Waals surface area contributed by atoms with E-state index in [4.69, 9.17) is 18.6 Å². The Morgan fingerprint density at radius 3 is 2.43 bits per heavy atom. The van der Waals surface area contributed by atoms with E-state index in [1.54, 1.807) is 23.1 Å². The Balaban J connectivity index is 1.48. The first-order valence-corrected chi connectivity index (χ1v) is 11.4. The molecule has 0 aliphatic carbocycles. The summed E-state index contributed by atoms with van der Waals surface area (Å²) in [4.78, 5) is 29.1. The number of benzene rings is 2. The van der Waals surface area contributed by atoms with E-state index >= 15 is 0 Å². The minimum absolute atomic E-state index is 0.0581. The fourth-order valence-corrected chi connectivity index (χ4v) is 4.60. The lowest BCUT2D eigenvalue weighted by Crippen LogP contribution is -2.58. The first-order valence-electron chi connectivity index (χ1n) is 11.4. The Morgan fingerprint density at radius 2 is 1.77 bits per heavy atom. The molecule has 3 aromatic rings. The van der Waals surface area contributed by atoms with Gasteiger partial charge < -0.3 is 23.5 Å². The number of fused-ring (bicyclic) bond motifs is 1. The van der Waals surface area contributed by atoms with Crippen LogP contribution in [0.15, 0.2) is 41.0 Å². The summed E-state index contributed by atoms with van der Waals surface area (Å²) in [5, 5.41) is 0.574. The second-order valence-electron chi connectivity index (χ2n) is 8.68. The summed E-state index contributed by atoms with van der Waals surface area (Å²) in [7, 11) is 2.89. The maximum absolute atomic E-state index is 13.2. The van der Waals surface area contributed by atoms with Crippen molar-refractivity contribution in [2.45, 2.75) is 32.5 Å². The van der Waals surface area contributed by atoms with E-state index in [1.807, 2.05) is 6.92 Å². The number of nitrogens with zero attached hydrogens (tertiary/aromatic N) is 2. The molecule has 8 nitrogen and oxygen atoms in total. The van der Waals surface area contributed by atoms with E-state index in [0.29, 0.717) is 42.6 Å². The highest BCUT2D eigenvalue weighted by Crippen LogP contribution is 2.45. The van der Waals surface area contributed by atoms with Crippen LogP contribution in [0.2, 0.25) is 0 Å². The Labute approximate surface area is 203 Å². The number of rotatable bonds is 8. The van der Waals surface area contributed by atoms with Crippen molar-refractivity contribution in [1.29, 1.82) is 0 Å². The molecule has 0 saturated carbocycles. The van der Waals surface area contributed by atoms with Gasteiger partial charge in [0.25, 0.3) is 5.91 Å². The van der Waals surface area contributed by atoms with E-state index < -0.39 is 0 Å². The molecule has 2 heterocycles. The number of aldehydes is 1. The van der Waals surface area contributed by atoms with Crippen molar-refractivity contribution in [1.82, 2.24) is 9.80 Å². The number of piperazine rings is 1. The van der Waals surface area contributed by atoms with Gasteiger partial charge in [-0.1, -0.05) is 12.1 Å². The smallest absolute Gasteiger partial charge is 0.260 e. The zero-order chi connectivity index (χ0) is 25.1. The van der Waals surface area contributed by atoms with Gasteiger partial charge in [0.05, 0.1) is 25.9 Å². The van der Waals surface area contributed by atoms with Crippen LogP contribution in [0.1, 0.15) is 29.8 Å². The Bertz CT molecular complexity index is 1210. The summed E-state index contributed by atoms with van der Waals surface area (Å²) < 4.78 is 35.5. The predicted octanol–water partition coefficient (Wildman–Crippen LogP) is 3.90. The summed E-state index contributed by atoms with van der Waals surface area (Å²) >= 11 is 0. The molecule has 1 aliphatic heterocycles. The number of hydrogen-bond donors (Lipinski definition) is 0. The molecule has 9 heteroatoms. The Kier molecular flexibility index (Phi) is 7.25. The van der Waals surface area contributed by atoms with Gasteiger partial charge in [-0.05, 0) is 37.6 Å². The van der Waals surface area contributed by atoms with Crippen molar-refractivity contribution in [2.75, 3.05) is 33.9 Å². The van der Waals surface area contributed by atoms with E-state index in [0.717, 1.165) is 5.56 Å². The summed E-state index contributed by atoms with van der Waals surface area (Å²) in [5.41, 5.74) is 1.54. The van der Waals surface area contributed by atoms with Gasteiger partial charge in [0.15, 0.2) is 24.2 Å². The van der Waals surface area contributed by atoms with E-state index in [9.17, 15) is 14.0 Å². The molecular formula is C26H29FN2O6. The van der Waals surface area contributed by atoms with Crippen molar-refractivity contribution >= 4 is 23.2 Å². The van der Waals surface area contributed by atoms with Gasteiger partial charge in [-0.2, -0.15) is 0 Å². The molecule has 0 unspecified atom stereocenters. The summed E-state index contributed by atoms with van der Waals surface area (Å²) in [5.74, 6) is 0.160. The molecule has 0 N–H and O–H groups in total. The molecule has 4 rings (SSSR count). The zero-order valence-corrected chi connectivity index (χ0v) is 20.2. The van der Waals surface area contributed by atoms with E-state index in [2.05, 4.69) is 11.8 Å². The normalized spacial score (nSPS) is 18.5. The minimum atomic E-state index is -0.276. The average Bonchev–Trinajstić information content (AvgIpc) is 3.34. The van der Waals surface area contributed by atoms with E-state index in [1.165, 1.54) is 32.6 Å². The first kappa shape index (κ1) is 24.5. The van der Waals surface area contributed by atoms with Gasteiger partial charge in [0.1, 0.15) is 17.1 Å². The fraction of sp³-hybridized carbons (Fsp3) is 0.385. The quantitative estimate of drug-likeness (QED) is 0.449. The van der Waals surface area contributed by atoms with Crippen LogP contribution in [0.3, 0.4) is 0 Å². The molecule has 2 atom stereocenters. The molecular weight excluding hydrogens is 455 g/mol. The summed E-state index contributed by atoms with van der Waals surface area (Å²) in [6.07, 6.45) is 2.08. The number of furan rings is 1. The van der Waals surface area contributed by atoms with Crippen LogP contribution in [0.25, 0.3) is 11.0 Å². The molecule has 186 valence electrons. The standard InChI is InChI=1S/C26H29FN2O6/c1-16-12-29(17(2)11-28(16)13-18-5-7-19(27)8-6-18)22(31)15-35-25-21(14-30)23(32-3)20-9-10-34-24(20)26(25)33-4/h5-10,14,16-17H,11-13,15H2,1-4H3/t16-,17+/m0/s1. The lowest BCUT2D eigenvalue weighted by Gasteiger charge is -2.44. The molecule has 0 radical (unpaired) electrons. The number of carbonyl (C=O) groups excluding carboxylic acids is 2. The number of hydrogen-bond acceptors (Lipinski definition) is 7. The van der Waals surface area contributed by atoms with Gasteiger partial charge in [-0.25, -0.2) is 4.39 Å². The van der Waals surface area contributed by atoms with Crippen molar-refractivity contribution < 1.29 is 32.6 Å². The topological polar surface area (TPSA) is 81.5 Å². The first-order chi connectivity index (χ1) is 16.9. The third kappa shape index (κ3) is 4.81. The molecule has 1 aromatic heterocycles. The maximum atomic E-state index is 13.2. The Hall–Kier alpha value is -3.59. The molecule has 2 aromatic carbocycles. The third-order valence-electron chi connectivity index (χ3n) is 6.41. The van der Waals surface area contributed by atoms with E-state index in [-0.39, 0.29) is 47.5 Å². The molecule has 0 spiro atoms. The van der Waals surface area contributed by atoms with Gasteiger partial charge in [-0.3, -0.25) is 14.5 Å². The maximum Gasteiger partial charge on any atom is 0.260 e. The van der Waals surface area contributed by atoms with Crippen molar-refractivity contribution in [3.8, 4) is 17.2 Å². The monoisotopic (exact) mass is 484 g/mol. The third-order valence-corrected chi connectivity index (χ3v) is 6.41. The predicted molar refractivity (Wildman–Crippen MR) is 128 cm³/mol. The lowest BCUT2D eigenvalue weighted by atomic mass is 10.1. The fourth-order valence-electron chi connectivity index (χ4n) is 4.60. The van der Waals surface area contributed by atoms with Crippen LogP contribution in [-0.4, -0.2) is 68.0 Å². The summed E-state index contributed by atoms with van der Waals surface area (Å²) in [6, 6.07) is 8.18. The molecule has 0 bridgehead atoms. The van der Waals surface area contributed by atoms with Crippen LogP contribution in [0.5, 0.6) is 17.2 Å². The van der Waals surface area contributed by atoms with Crippen molar-refractivity contribution in [3.05, 3.63) is 53.5 Å². The van der Waals surface area contributed by atoms with Gasteiger partial charge in [-0.15, -0.1) is 0 Å². The zero-order valence-electron chi connectivity index (χ0n) is 20.2. The molecule has 1 aliphatic rings. The highest BCUT2D eigenvalue weighted by atomic mass is 19.1. The van der Waals surface area contributed by atoms with Crippen LogP contribution in [-0.2, 0) is 11.3 Å². The van der Waals surface area contributed by atoms with Crippen molar-refractivity contribution in [2.24, 2.45) is 0 Å².